The van der Waals surface area contributed by atoms with Gasteiger partial charge in [0.15, 0.2) is 0 Å². The number of amides is 1. The van der Waals surface area contributed by atoms with Crippen molar-refractivity contribution >= 4 is 27.5 Å². The van der Waals surface area contributed by atoms with Crippen LogP contribution < -0.4 is 5.73 Å². The molecular formula is C12H13BrF2N2O. The smallest absolute Gasteiger partial charge is 0.255 e. The van der Waals surface area contributed by atoms with E-state index >= 15 is 0 Å². The van der Waals surface area contributed by atoms with E-state index in [1.54, 1.807) is 18.2 Å². The van der Waals surface area contributed by atoms with Crippen molar-refractivity contribution in [3.8, 4) is 0 Å². The number of piperidine rings is 1. The number of nitrogens with zero attached hydrogens (tertiary/aromatic N) is 1. The van der Waals surface area contributed by atoms with Crippen molar-refractivity contribution in [3.05, 3.63) is 28.2 Å². The van der Waals surface area contributed by atoms with E-state index in [1.165, 1.54) is 4.90 Å². The van der Waals surface area contributed by atoms with E-state index < -0.39 is 5.92 Å². The van der Waals surface area contributed by atoms with Gasteiger partial charge in [0.2, 0.25) is 0 Å². The van der Waals surface area contributed by atoms with Crippen LogP contribution >= 0.6 is 15.9 Å². The maximum Gasteiger partial charge on any atom is 0.255 e. The third-order valence-electron chi connectivity index (χ3n) is 3.04. The number of halogens is 3. The Labute approximate surface area is 112 Å². The molecule has 2 N–H and O–H groups in total. The van der Waals surface area contributed by atoms with Crippen molar-refractivity contribution < 1.29 is 13.6 Å². The maximum absolute atomic E-state index is 13.0. The monoisotopic (exact) mass is 318 g/mol. The summed E-state index contributed by atoms with van der Waals surface area (Å²) in [5.41, 5.74) is 6.57. The van der Waals surface area contributed by atoms with E-state index in [0.717, 1.165) is 0 Å². The van der Waals surface area contributed by atoms with Crippen molar-refractivity contribution in [3.63, 3.8) is 0 Å². The quantitative estimate of drug-likeness (QED) is 0.809. The van der Waals surface area contributed by atoms with Gasteiger partial charge in [-0.1, -0.05) is 6.07 Å². The Morgan fingerprint density at radius 2 is 1.94 bits per heavy atom. The molecule has 0 aromatic heterocycles. The fraction of sp³-hybridized carbons (Fsp3) is 0.417. The minimum absolute atomic E-state index is 0.0765. The average molecular weight is 319 g/mol. The van der Waals surface area contributed by atoms with Crippen molar-refractivity contribution in [1.29, 1.82) is 0 Å². The van der Waals surface area contributed by atoms with Crippen LogP contribution in [0.1, 0.15) is 23.2 Å². The van der Waals surface area contributed by atoms with Crippen LogP contribution in [0.3, 0.4) is 0 Å². The molecule has 1 aromatic rings. The SMILES string of the molecule is Nc1cccc(C(=O)N2CCC(F)(F)CC2)c1Br. The van der Waals surface area contributed by atoms with Gasteiger partial charge in [-0.05, 0) is 28.1 Å². The third-order valence-corrected chi connectivity index (χ3v) is 3.93. The number of rotatable bonds is 1. The predicted molar refractivity (Wildman–Crippen MR) is 68.6 cm³/mol. The topological polar surface area (TPSA) is 46.3 Å². The molecule has 18 heavy (non-hydrogen) atoms. The Morgan fingerprint density at radius 1 is 1.33 bits per heavy atom. The summed E-state index contributed by atoms with van der Waals surface area (Å²) in [6.45, 7) is 0.153. The summed E-state index contributed by atoms with van der Waals surface area (Å²) < 4.78 is 26.6. The molecule has 1 aliphatic heterocycles. The summed E-state index contributed by atoms with van der Waals surface area (Å²) in [6.07, 6.45) is -0.558. The zero-order valence-corrected chi connectivity index (χ0v) is 11.2. The second kappa shape index (κ2) is 4.84. The van der Waals surface area contributed by atoms with Crippen molar-refractivity contribution in [1.82, 2.24) is 4.90 Å². The van der Waals surface area contributed by atoms with Gasteiger partial charge in [-0.15, -0.1) is 0 Å². The zero-order valence-electron chi connectivity index (χ0n) is 9.63. The van der Waals surface area contributed by atoms with Gasteiger partial charge in [0.05, 0.1) is 10.0 Å². The summed E-state index contributed by atoms with van der Waals surface area (Å²) in [5.74, 6) is -2.91. The molecule has 0 bridgehead atoms. The molecule has 1 amide bonds. The second-order valence-electron chi connectivity index (χ2n) is 4.36. The highest BCUT2D eigenvalue weighted by Crippen LogP contribution is 2.30. The van der Waals surface area contributed by atoms with Crippen molar-refractivity contribution in [2.45, 2.75) is 18.8 Å². The standard InChI is InChI=1S/C12H13BrF2N2O/c13-10-8(2-1-3-9(10)16)11(18)17-6-4-12(14,15)5-7-17/h1-3H,4-7,16H2. The number of nitrogens with two attached hydrogens (primary N) is 1. The highest BCUT2D eigenvalue weighted by molar-refractivity contribution is 9.10. The Morgan fingerprint density at radius 3 is 2.56 bits per heavy atom. The Bertz CT molecular complexity index is 469. The highest BCUT2D eigenvalue weighted by atomic mass is 79.9. The number of likely N-dealkylation sites (tertiary alicyclic amines) is 1. The molecule has 1 saturated heterocycles. The van der Waals surface area contributed by atoms with Crippen LogP contribution in [-0.2, 0) is 0 Å². The lowest BCUT2D eigenvalue weighted by molar-refractivity contribution is -0.0494. The number of benzene rings is 1. The highest BCUT2D eigenvalue weighted by Gasteiger charge is 2.36. The van der Waals surface area contributed by atoms with E-state index in [2.05, 4.69) is 15.9 Å². The van der Waals surface area contributed by atoms with Crippen LogP contribution in [0.5, 0.6) is 0 Å². The van der Waals surface area contributed by atoms with Gasteiger partial charge in [0.25, 0.3) is 11.8 Å². The molecule has 1 fully saturated rings. The van der Waals surface area contributed by atoms with E-state index in [0.29, 0.717) is 15.7 Å². The van der Waals surface area contributed by atoms with Crippen molar-refractivity contribution in [2.75, 3.05) is 18.8 Å². The molecule has 0 aliphatic carbocycles. The maximum atomic E-state index is 13.0. The van der Waals surface area contributed by atoms with E-state index in [-0.39, 0.29) is 31.8 Å². The largest absolute Gasteiger partial charge is 0.398 e. The number of anilines is 1. The average Bonchev–Trinajstić information content (AvgIpc) is 2.32. The molecule has 1 heterocycles. The lowest BCUT2D eigenvalue weighted by Crippen LogP contribution is -2.42. The molecule has 0 unspecified atom stereocenters. The minimum atomic E-state index is -2.65. The van der Waals surface area contributed by atoms with E-state index in [9.17, 15) is 13.6 Å². The van der Waals surface area contributed by atoms with E-state index in [4.69, 9.17) is 5.73 Å². The van der Waals surface area contributed by atoms with E-state index in [1.807, 2.05) is 0 Å². The van der Waals surface area contributed by atoms with Crippen LogP contribution in [0.2, 0.25) is 0 Å². The summed E-state index contributed by atoms with van der Waals surface area (Å²) in [7, 11) is 0. The molecule has 0 atom stereocenters. The lowest BCUT2D eigenvalue weighted by Gasteiger charge is -2.32. The Hall–Kier alpha value is -1.17. The molecule has 2 rings (SSSR count). The first-order valence-electron chi connectivity index (χ1n) is 5.62. The summed E-state index contributed by atoms with van der Waals surface area (Å²) in [5, 5.41) is 0. The molecule has 0 radical (unpaired) electrons. The molecule has 1 aliphatic rings. The fourth-order valence-electron chi connectivity index (χ4n) is 1.92. The molecule has 1 aromatic carbocycles. The first-order valence-corrected chi connectivity index (χ1v) is 6.41. The van der Waals surface area contributed by atoms with Gasteiger partial charge >= 0.3 is 0 Å². The molecule has 0 spiro atoms. The molecule has 3 nitrogen and oxygen atoms in total. The minimum Gasteiger partial charge on any atom is -0.398 e. The summed E-state index contributed by atoms with van der Waals surface area (Å²) >= 11 is 3.25. The molecular weight excluding hydrogens is 306 g/mol. The Kier molecular flexibility index (Phi) is 3.56. The first-order chi connectivity index (χ1) is 8.41. The zero-order chi connectivity index (χ0) is 13.3. The second-order valence-corrected chi connectivity index (χ2v) is 5.15. The number of carbonyl (C=O) groups is 1. The number of hydrogen-bond acceptors (Lipinski definition) is 2. The van der Waals surface area contributed by atoms with Crippen LogP contribution in [-0.4, -0.2) is 29.8 Å². The summed E-state index contributed by atoms with van der Waals surface area (Å²) in [6, 6.07) is 4.98. The van der Waals surface area contributed by atoms with Gasteiger partial charge in [0, 0.05) is 31.6 Å². The molecule has 98 valence electrons. The van der Waals surface area contributed by atoms with Crippen LogP contribution in [0.4, 0.5) is 14.5 Å². The number of carbonyl (C=O) groups excluding carboxylic acids is 1. The predicted octanol–water partition coefficient (Wildman–Crippen LogP) is 2.90. The van der Waals surface area contributed by atoms with Gasteiger partial charge < -0.3 is 10.6 Å². The normalized spacial score (nSPS) is 18.7. The Balaban J connectivity index is 2.15. The van der Waals surface area contributed by atoms with Crippen LogP contribution in [0, 0.1) is 0 Å². The summed E-state index contributed by atoms with van der Waals surface area (Å²) in [4.78, 5) is 13.6. The first kappa shape index (κ1) is 13.3. The molecule has 0 saturated carbocycles. The van der Waals surface area contributed by atoms with Crippen LogP contribution in [0.15, 0.2) is 22.7 Å². The van der Waals surface area contributed by atoms with Gasteiger partial charge in [-0.3, -0.25) is 4.79 Å². The lowest BCUT2D eigenvalue weighted by atomic mass is 10.1. The van der Waals surface area contributed by atoms with Gasteiger partial charge in [-0.25, -0.2) is 8.78 Å². The van der Waals surface area contributed by atoms with Gasteiger partial charge in [0.1, 0.15) is 0 Å². The number of alkyl halides is 2. The number of nitrogen functional groups attached to an aromatic ring is 1. The van der Waals surface area contributed by atoms with Gasteiger partial charge in [-0.2, -0.15) is 0 Å². The van der Waals surface area contributed by atoms with Crippen LogP contribution in [0.25, 0.3) is 0 Å². The third kappa shape index (κ3) is 2.63. The fourth-order valence-corrected chi connectivity index (χ4v) is 2.36. The molecule has 6 heteroatoms. The number of hydrogen-bond donors (Lipinski definition) is 1. The van der Waals surface area contributed by atoms with Crippen molar-refractivity contribution in [2.24, 2.45) is 0 Å².